The minimum Gasteiger partial charge on any atom is -0.509 e. The molecular weight excluding hydrogens is 282 g/mol. The predicted molar refractivity (Wildman–Crippen MR) is 80.9 cm³/mol. The van der Waals surface area contributed by atoms with Crippen molar-refractivity contribution in [2.75, 3.05) is 6.54 Å². The fraction of sp³-hybridized carbons (Fsp3) is 0.267. The number of para-hydroxylation sites is 2. The van der Waals surface area contributed by atoms with Crippen LogP contribution in [0.3, 0.4) is 0 Å². The first-order valence-electron chi connectivity index (χ1n) is 7.17. The number of aromatic nitrogens is 2. The van der Waals surface area contributed by atoms with Crippen LogP contribution < -0.4 is 5.43 Å². The van der Waals surface area contributed by atoms with E-state index in [1.54, 1.807) is 0 Å². The highest BCUT2D eigenvalue weighted by atomic mass is 16.3. The monoisotopic (exact) mass is 297 g/mol. The Bertz CT molecular complexity index is 785. The number of aromatic amines is 1. The number of hydrazine groups is 1. The highest BCUT2D eigenvalue weighted by molar-refractivity contribution is 6.23. The molecule has 0 unspecified atom stereocenters. The van der Waals surface area contributed by atoms with Crippen LogP contribution in [0.2, 0.25) is 0 Å². The van der Waals surface area contributed by atoms with Gasteiger partial charge in [-0.2, -0.15) is 0 Å². The minimum atomic E-state index is -0.0941. The second kappa shape index (κ2) is 4.59. The number of hydrogen-bond acceptors (Lipinski definition) is 4. The first kappa shape index (κ1) is 12.9. The van der Waals surface area contributed by atoms with Crippen molar-refractivity contribution < 1.29 is 9.90 Å². The second-order valence-electron chi connectivity index (χ2n) is 5.61. The highest BCUT2D eigenvalue weighted by Gasteiger charge is 2.35. The van der Waals surface area contributed by atoms with Crippen molar-refractivity contribution >= 4 is 28.3 Å². The summed E-state index contributed by atoms with van der Waals surface area (Å²) in [6.07, 6.45) is 1.78. The molecule has 7 nitrogen and oxygen atoms in total. The Hall–Kier alpha value is -2.83. The van der Waals surface area contributed by atoms with Crippen molar-refractivity contribution in [2.45, 2.75) is 12.8 Å². The van der Waals surface area contributed by atoms with Gasteiger partial charge in [0.05, 0.1) is 17.6 Å². The number of imidazole rings is 1. The second-order valence-corrected chi connectivity index (χ2v) is 5.61. The first-order valence-corrected chi connectivity index (χ1v) is 7.17. The zero-order chi connectivity index (χ0) is 15.3. The van der Waals surface area contributed by atoms with Crippen LogP contribution in [-0.2, 0) is 4.79 Å². The van der Waals surface area contributed by atoms with Gasteiger partial charge in [0.15, 0.2) is 5.84 Å². The number of rotatable bonds is 3. The summed E-state index contributed by atoms with van der Waals surface area (Å²) in [5, 5.41) is 19.7. The number of H-pyrrole nitrogens is 1. The van der Waals surface area contributed by atoms with Crippen LogP contribution in [0.25, 0.3) is 16.6 Å². The molecule has 0 bridgehead atoms. The zero-order valence-corrected chi connectivity index (χ0v) is 11.8. The maximum Gasteiger partial charge on any atom is 0.241 e. The van der Waals surface area contributed by atoms with Gasteiger partial charge in [-0.05, 0) is 25.0 Å². The fourth-order valence-electron chi connectivity index (χ4n) is 2.56. The van der Waals surface area contributed by atoms with Gasteiger partial charge in [-0.15, -0.1) is 0 Å². The van der Waals surface area contributed by atoms with Crippen molar-refractivity contribution in [3.05, 3.63) is 35.8 Å². The molecule has 1 amide bonds. The number of benzene rings is 1. The number of fused-ring (bicyclic) bond motifs is 1. The fourth-order valence-corrected chi connectivity index (χ4v) is 2.56. The first-order chi connectivity index (χ1) is 10.6. The molecule has 4 N–H and O–H groups in total. The van der Waals surface area contributed by atoms with E-state index in [-0.39, 0.29) is 30.0 Å². The summed E-state index contributed by atoms with van der Waals surface area (Å²) < 4.78 is 0. The Morgan fingerprint density at radius 3 is 2.91 bits per heavy atom. The Morgan fingerprint density at radius 2 is 2.18 bits per heavy atom. The van der Waals surface area contributed by atoms with Gasteiger partial charge in [0.1, 0.15) is 17.2 Å². The molecule has 0 spiro atoms. The number of carbonyl (C=O) groups excluding carboxylic acids is 1. The quantitative estimate of drug-likeness (QED) is 0.690. The lowest BCUT2D eigenvalue weighted by Crippen LogP contribution is -2.44. The summed E-state index contributed by atoms with van der Waals surface area (Å²) >= 11 is 0. The van der Waals surface area contributed by atoms with Crippen LogP contribution in [-0.4, -0.2) is 38.4 Å². The Kier molecular flexibility index (Phi) is 2.69. The Labute approximate surface area is 126 Å². The molecule has 4 rings (SSSR count). The van der Waals surface area contributed by atoms with Crippen LogP contribution >= 0.6 is 0 Å². The van der Waals surface area contributed by atoms with E-state index < -0.39 is 0 Å². The van der Waals surface area contributed by atoms with Crippen molar-refractivity contribution in [3.63, 3.8) is 0 Å². The lowest BCUT2D eigenvalue weighted by Gasteiger charge is -2.19. The number of nitrogens with zero attached hydrogens (tertiary/aromatic N) is 2. The molecule has 0 radical (unpaired) electrons. The molecule has 1 saturated carbocycles. The van der Waals surface area contributed by atoms with Crippen molar-refractivity contribution in [2.24, 2.45) is 5.92 Å². The summed E-state index contributed by atoms with van der Waals surface area (Å²) in [7, 11) is 0. The van der Waals surface area contributed by atoms with Gasteiger partial charge in [0.25, 0.3) is 0 Å². The predicted octanol–water partition coefficient (Wildman–Crippen LogP) is 1.57. The standard InChI is InChI=1S/C15H15N5O2/c16-13-12(14-17-9-3-1-2-4-10(9)18-14)11(21)7-20(13)19-15(22)8-5-6-8/h1-4,8,16,21H,5-7H2,(H,17,18)(H,19,22). The van der Waals surface area contributed by atoms with Gasteiger partial charge in [-0.3, -0.25) is 20.6 Å². The van der Waals surface area contributed by atoms with Gasteiger partial charge in [-0.1, -0.05) is 12.1 Å². The van der Waals surface area contributed by atoms with E-state index in [4.69, 9.17) is 5.41 Å². The van der Waals surface area contributed by atoms with Crippen LogP contribution in [0.5, 0.6) is 0 Å². The topological polar surface area (TPSA) is 105 Å². The third-order valence-electron chi connectivity index (χ3n) is 3.92. The van der Waals surface area contributed by atoms with Crippen molar-refractivity contribution in [1.82, 2.24) is 20.4 Å². The van der Waals surface area contributed by atoms with Gasteiger partial charge < -0.3 is 10.1 Å². The molecule has 2 aromatic rings. The lowest BCUT2D eigenvalue weighted by molar-refractivity contribution is -0.125. The number of aliphatic hydroxyl groups is 1. The maximum atomic E-state index is 11.8. The third kappa shape index (κ3) is 2.02. The Balaban J connectivity index is 1.61. The molecule has 112 valence electrons. The molecule has 2 heterocycles. The number of aliphatic hydroxyl groups excluding tert-OH is 1. The largest absolute Gasteiger partial charge is 0.509 e. The SMILES string of the molecule is N=C1C(c2nc3ccccc3[nH]2)=C(O)CN1NC(=O)C1CC1. The molecule has 2 aliphatic rings. The summed E-state index contributed by atoms with van der Waals surface area (Å²) in [4.78, 5) is 19.3. The maximum absolute atomic E-state index is 11.8. The van der Waals surface area contributed by atoms with Crippen LogP contribution in [0.15, 0.2) is 30.0 Å². The van der Waals surface area contributed by atoms with E-state index in [2.05, 4.69) is 15.4 Å². The number of amidine groups is 1. The van der Waals surface area contributed by atoms with Crippen molar-refractivity contribution in [3.8, 4) is 0 Å². The number of nitrogens with one attached hydrogen (secondary N) is 3. The van der Waals surface area contributed by atoms with E-state index in [1.807, 2.05) is 24.3 Å². The molecule has 22 heavy (non-hydrogen) atoms. The molecule has 1 aromatic carbocycles. The third-order valence-corrected chi connectivity index (χ3v) is 3.92. The minimum absolute atomic E-state index is 0.0279. The smallest absolute Gasteiger partial charge is 0.241 e. The summed E-state index contributed by atoms with van der Waals surface area (Å²) in [6, 6.07) is 7.51. The number of hydrogen-bond donors (Lipinski definition) is 4. The number of amides is 1. The summed E-state index contributed by atoms with van der Waals surface area (Å²) in [6.45, 7) is 0.0870. The molecule has 1 aliphatic heterocycles. The van der Waals surface area contributed by atoms with Gasteiger partial charge >= 0.3 is 0 Å². The molecule has 0 atom stereocenters. The molecule has 1 aliphatic carbocycles. The normalized spacial score (nSPS) is 18.4. The lowest BCUT2D eigenvalue weighted by atomic mass is 10.2. The molecule has 0 saturated heterocycles. The van der Waals surface area contributed by atoms with Gasteiger partial charge in [-0.25, -0.2) is 4.98 Å². The van der Waals surface area contributed by atoms with E-state index in [0.717, 1.165) is 23.9 Å². The van der Waals surface area contributed by atoms with E-state index >= 15 is 0 Å². The summed E-state index contributed by atoms with van der Waals surface area (Å²) in [5.74, 6) is 0.464. The number of carbonyl (C=O) groups is 1. The molecular formula is C15H15N5O2. The van der Waals surface area contributed by atoms with Crippen LogP contribution in [0, 0.1) is 11.3 Å². The van der Waals surface area contributed by atoms with Gasteiger partial charge in [0, 0.05) is 5.92 Å². The van der Waals surface area contributed by atoms with E-state index in [0.29, 0.717) is 11.4 Å². The van der Waals surface area contributed by atoms with E-state index in [1.165, 1.54) is 5.01 Å². The molecule has 7 heteroatoms. The average Bonchev–Trinajstić information content (AvgIpc) is 3.20. The van der Waals surface area contributed by atoms with Crippen molar-refractivity contribution in [1.29, 1.82) is 5.41 Å². The van der Waals surface area contributed by atoms with Crippen LogP contribution in [0.4, 0.5) is 0 Å². The van der Waals surface area contributed by atoms with Crippen LogP contribution in [0.1, 0.15) is 18.7 Å². The molecule has 1 fully saturated rings. The highest BCUT2D eigenvalue weighted by Crippen LogP contribution is 2.30. The Morgan fingerprint density at radius 1 is 1.41 bits per heavy atom. The zero-order valence-electron chi connectivity index (χ0n) is 11.8. The van der Waals surface area contributed by atoms with Gasteiger partial charge in [0.2, 0.25) is 5.91 Å². The average molecular weight is 297 g/mol. The van der Waals surface area contributed by atoms with E-state index in [9.17, 15) is 9.90 Å². The molecule has 1 aromatic heterocycles. The summed E-state index contributed by atoms with van der Waals surface area (Å²) in [5.41, 5.74) is 4.62.